The van der Waals surface area contributed by atoms with Gasteiger partial charge in [-0.2, -0.15) is 8.42 Å². The highest BCUT2D eigenvalue weighted by atomic mass is 32.3. The summed E-state index contributed by atoms with van der Waals surface area (Å²) < 4.78 is 33.8. The Morgan fingerprint density at radius 2 is 1.88 bits per heavy atom. The minimum atomic E-state index is -4.50. The highest BCUT2D eigenvalue weighted by Crippen LogP contribution is 2.28. The van der Waals surface area contributed by atoms with Crippen molar-refractivity contribution in [2.45, 2.75) is 20.3 Å². The molecule has 1 N–H and O–H groups in total. The number of hydrogen-bond donors (Lipinski definition) is 1. The molecule has 90 valence electrons. The van der Waals surface area contributed by atoms with Crippen molar-refractivity contribution in [2.24, 2.45) is 5.41 Å². The Kier molecular flexibility index (Phi) is 3.57. The molecule has 5 heteroatoms. The van der Waals surface area contributed by atoms with E-state index in [1.54, 1.807) is 32.0 Å². The smallest absolute Gasteiger partial charge is 0.302 e. The van der Waals surface area contributed by atoms with Crippen molar-refractivity contribution in [1.82, 2.24) is 0 Å². The molecule has 1 aromatic carbocycles. The molecule has 3 nitrogen and oxygen atoms in total. The number of phenols is 1. The molecule has 0 radical (unpaired) electrons. The van der Waals surface area contributed by atoms with Crippen LogP contribution >= 0.6 is 0 Å². The van der Waals surface area contributed by atoms with Gasteiger partial charge in [0.25, 0.3) is 0 Å². The fourth-order valence-electron chi connectivity index (χ4n) is 1.69. The predicted molar refractivity (Wildman–Crippen MR) is 60.5 cm³/mol. The number of halogens is 1. The topological polar surface area (TPSA) is 54.4 Å². The fourth-order valence-corrected chi connectivity index (χ4v) is 2.73. The Bertz CT molecular complexity index is 466. The predicted octanol–water partition coefficient (Wildman–Crippen LogP) is 2.26. The maximum absolute atomic E-state index is 12.6. The number of phenolic OH excluding ortho intramolecular Hbond substituents is 1. The molecule has 0 saturated carbocycles. The van der Waals surface area contributed by atoms with E-state index in [-0.39, 0.29) is 5.75 Å². The lowest BCUT2D eigenvalue weighted by Gasteiger charge is -2.22. The van der Waals surface area contributed by atoms with Crippen LogP contribution in [0.4, 0.5) is 3.89 Å². The van der Waals surface area contributed by atoms with Crippen LogP contribution in [0.1, 0.15) is 19.4 Å². The summed E-state index contributed by atoms with van der Waals surface area (Å²) in [6, 6.07) is 6.64. The van der Waals surface area contributed by atoms with Crippen molar-refractivity contribution in [2.75, 3.05) is 5.75 Å². The molecule has 1 aromatic rings. The third-order valence-corrected chi connectivity index (χ3v) is 3.35. The van der Waals surface area contributed by atoms with Crippen LogP contribution in [0.5, 0.6) is 5.75 Å². The standard InChI is InChI=1S/C11H15FO3S/c1-11(2,8-16(12,14)15)7-9-5-3-4-6-10(9)13/h3-6,13H,7-8H2,1-2H3. The van der Waals surface area contributed by atoms with Crippen molar-refractivity contribution in [3.8, 4) is 5.75 Å². The van der Waals surface area contributed by atoms with E-state index in [0.29, 0.717) is 12.0 Å². The molecule has 0 atom stereocenters. The molecule has 0 saturated heterocycles. The van der Waals surface area contributed by atoms with Gasteiger partial charge in [-0.15, -0.1) is 3.89 Å². The van der Waals surface area contributed by atoms with Crippen LogP contribution in [0.3, 0.4) is 0 Å². The normalized spacial score (nSPS) is 12.7. The van der Waals surface area contributed by atoms with Gasteiger partial charge in [-0.05, 0) is 23.5 Å². The van der Waals surface area contributed by atoms with Gasteiger partial charge in [-0.3, -0.25) is 0 Å². The molecule has 1 rings (SSSR count). The first-order chi connectivity index (χ1) is 7.20. The number of aromatic hydroxyl groups is 1. The number of benzene rings is 1. The van der Waals surface area contributed by atoms with Crippen molar-refractivity contribution in [1.29, 1.82) is 0 Å². The lowest BCUT2D eigenvalue weighted by molar-refractivity contribution is 0.388. The van der Waals surface area contributed by atoms with Gasteiger partial charge in [0.2, 0.25) is 0 Å². The van der Waals surface area contributed by atoms with Gasteiger partial charge < -0.3 is 5.11 Å². The maximum Gasteiger partial charge on any atom is 0.302 e. The molecular weight excluding hydrogens is 231 g/mol. The van der Waals surface area contributed by atoms with E-state index in [4.69, 9.17) is 0 Å². The van der Waals surface area contributed by atoms with Crippen LogP contribution in [-0.2, 0) is 16.6 Å². The lowest BCUT2D eigenvalue weighted by Crippen LogP contribution is -2.24. The van der Waals surface area contributed by atoms with Crippen molar-refractivity contribution >= 4 is 10.2 Å². The van der Waals surface area contributed by atoms with E-state index < -0.39 is 21.4 Å². The average Bonchev–Trinajstić information content (AvgIpc) is 2.04. The summed E-state index contributed by atoms with van der Waals surface area (Å²) in [6.07, 6.45) is 0.308. The van der Waals surface area contributed by atoms with Gasteiger partial charge in [0.1, 0.15) is 5.75 Å². The highest BCUT2D eigenvalue weighted by Gasteiger charge is 2.27. The van der Waals surface area contributed by atoms with Gasteiger partial charge in [-0.1, -0.05) is 32.0 Å². The molecule has 0 amide bonds. The van der Waals surface area contributed by atoms with Crippen LogP contribution in [0, 0.1) is 5.41 Å². The Morgan fingerprint density at radius 3 is 2.38 bits per heavy atom. The van der Waals surface area contributed by atoms with Crippen LogP contribution in [0.15, 0.2) is 24.3 Å². The van der Waals surface area contributed by atoms with Crippen LogP contribution in [0.25, 0.3) is 0 Å². The summed E-state index contributed by atoms with van der Waals surface area (Å²) in [4.78, 5) is 0. The zero-order valence-corrected chi connectivity index (χ0v) is 10.1. The third kappa shape index (κ3) is 4.18. The Hall–Kier alpha value is -1.10. The fraction of sp³-hybridized carbons (Fsp3) is 0.455. The van der Waals surface area contributed by atoms with Gasteiger partial charge in [-0.25, -0.2) is 0 Å². The van der Waals surface area contributed by atoms with E-state index in [2.05, 4.69) is 0 Å². The van der Waals surface area contributed by atoms with Gasteiger partial charge in [0, 0.05) is 0 Å². The Labute approximate surface area is 95.1 Å². The molecule has 16 heavy (non-hydrogen) atoms. The first-order valence-corrected chi connectivity index (χ1v) is 6.44. The minimum Gasteiger partial charge on any atom is -0.508 e. The van der Waals surface area contributed by atoms with E-state index in [1.807, 2.05) is 0 Å². The van der Waals surface area contributed by atoms with Crippen LogP contribution in [-0.4, -0.2) is 19.3 Å². The number of rotatable bonds is 4. The molecule has 0 aliphatic rings. The maximum atomic E-state index is 12.6. The van der Waals surface area contributed by atoms with Crippen LogP contribution < -0.4 is 0 Å². The monoisotopic (exact) mass is 246 g/mol. The molecule has 0 aliphatic carbocycles. The molecular formula is C11H15FO3S. The Morgan fingerprint density at radius 1 is 1.31 bits per heavy atom. The zero-order chi connectivity index (χ0) is 12.4. The Balaban J connectivity index is 2.85. The second kappa shape index (κ2) is 4.41. The minimum absolute atomic E-state index is 0.104. The van der Waals surface area contributed by atoms with Gasteiger partial charge in [0.15, 0.2) is 0 Å². The zero-order valence-electron chi connectivity index (χ0n) is 9.27. The summed E-state index contributed by atoms with van der Waals surface area (Å²) in [5.41, 5.74) is -0.122. The van der Waals surface area contributed by atoms with E-state index in [1.165, 1.54) is 6.07 Å². The SMILES string of the molecule is CC(C)(Cc1ccccc1O)CS(=O)(=O)F. The summed E-state index contributed by atoms with van der Waals surface area (Å²) in [5, 5.41) is 9.53. The van der Waals surface area contributed by atoms with Crippen molar-refractivity contribution < 1.29 is 17.4 Å². The lowest BCUT2D eigenvalue weighted by atomic mass is 9.87. The van der Waals surface area contributed by atoms with Crippen molar-refractivity contribution in [3.63, 3.8) is 0 Å². The molecule has 0 fully saturated rings. The summed E-state index contributed by atoms with van der Waals surface area (Å²) in [7, 11) is -4.50. The molecule has 0 aromatic heterocycles. The molecule has 0 bridgehead atoms. The largest absolute Gasteiger partial charge is 0.508 e. The van der Waals surface area contributed by atoms with Gasteiger partial charge in [0.05, 0.1) is 5.75 Å². The molecule has 0 aliphatic heterocycles. The summed E-state index contributed by atoms with van der Waals surface area (Å²) >= 11 is 0. The van der Waals surface area contributed by atoms with E-state index in [9.17, 15) is 17.4 Å². The second-order valence-electron chi connectivity index (χ2n) is 4.65. The van der Waals surface area contributed by atoms with Crippen molar-refractivity contribution in [3.05, 3.63) is 29.8 Å². The number of hydrogen-bond acceptors (Lipinski definition) is 3. The quantitative estimate of drug-likeness (QED) is 0.829. The molecule has 0 unspecified atom stereocenters. The van der Waals surface area contributed by atoms with E-state index in [0.717, 1.165) is 0 Å². The van der Waals surface area contributed by atoms with E-state index >= 15 is 0 Å². The number of para-hydroxylation sites is 1. The summed E-state index contributed by atoms with van der Waals surface area (Å²) in [5.74, 6) is -0.444. The highest BCUT2D eigenvalue weighted by molar-refractivity contribution is 7.86. The molecule has 0 spiro atoms. The first-order valence-electron chi connectivity index (χ1n) is 4.89. The first kappa shape index (κ1) is 13.0. The van der Waals surface area contributed by atoms with Crippen LogP contribution in [0.2, 0.25) is 0 Å². The molecule has 0 heterocycles. The van der Waals surface area contributed by atoms with Gasteiger partial charge >= 0.3 is 10.2 Å². The summed E-state index contributed by atoms with van der Waals surface area (Å²) in [6.45, 7) is 3.30. The average molecular weight is 246 g/mol. The second-order valence-corrected chi connectivity index (χ2v) is 6.02. The third-order valence-electron chi connectivity index (χ3n) is 2.22.